The summed E-state index contributed by atoms with van der Waals surface area (Å²) in [6.07, 6.45) is 3.78. The average Bonchev–Trinajstić information content (AvgIpc) is 2.14. The minimum atomic E-state index is -0.365. The molecule has 1 amide bonds. The van der Waals surface area contributed by atoms with E-state index in [1.165, 1.54) is 12.8 Å². The lowest BCUT2D eigenvalue weighted by atomic mass is 9.75. The molecule has 0 saturated heterocycles. The molecule has 2 N–H and O–H groups in total. The largest absolute Gasteiger partial charge is 0.368 e. The Morgan fingerprint density at radius 1 is 1.47 bits per heavy atom. The van der Waals surface area contributed by atoms with Crippen LogP contribution in [-0.4, -0.2) is 18.6 Å². The van der Waals surface area contributed by atoms with Crippen molar-refractivity contribution in [1.29, 1.82) is 0 Å². The van der Waals surface area contributed by atoms with Crippen LogP contribution >= 0.6 is 0 Å². The molecule has 3 heteroatoms. The summed E-state index contributed by atoms with van der Waals surface area (Å²) in [5.41, 5.74) is 5.10. The second kappa shape index (κ2) is 5.50. The molecule has 1 rings (SSSR count). The second-order valence-electron chi connectivity index (χ2n) is 5.14. The molecule has 88 valence electrons. The SMILES string of the molecule is CC(C)[C@H]1CC[C@H](C)C[C@H]1OCC(N)=O. The standard InChI is InChI=1S/C12H23NO2/c1-8(2)10-5-4-9(3)6-11(10)15-7-12(13)14/h8-11H,4-7H2,1-3H3,(H2,13,14)/t9-,10+,11+/m0/s1. The quantitative estimate of drug-likeness (QED) is 0.776. The maximum absolute atomic E-state index is 10.7. The van der Waals surface area contributed by atoms with Gasteiger partial charge in [0.25, 0.3) is 0 Å². The Morgan fingerprint density at radius 2 is 2.13 bits per heavy atom. The molecule has 0 aromatic rings. The summed E-state index contributed by atoms with van der Waals surface area (Å²) in [5, 5.41) is 0. The summed E-state index contributed by atoms with van der Waals surface area (Å²) in [6.45, 7) is 6.76. The highest BCUT2D eigenvalue weighted by Crippen LogP contribution is 2.35. The van der Waals surface area contributed by atoms with E-state index in [9.17, 15) is 4.79 Å². The van der Waals surface area contributed by atoms with Gasteiger partial charge in [-0.25, -0.2) is 0 Å². The van der Waals surface area contributed by atoms with Crippen molar-refractivity contribution in [3.8, 4) is 0 Å². The van der Waals surface area contributed by atoms with E-state index in [4.69, 9.17) is 10.5 Å². The van der Waals surface area contributed by atoms with E-state index < -0.39 is 0 Å². The van der Waals surface area contributed by atoms with Crippen molar-refractivity contribution < 1.29 is 9.53 Å². The van der Waals surface area contributed by atoms with Crippen LogP contribution in [-0.2, 0) is 9.53 Å². The summed E-state index contributed by atoms with van der Waals surface area (Å²) in [7, 11) is 0. The highest BCUT2D eigenvalue weighted by molar-refractivity contribution is 5.75. The number of rotatable bonds is 4. The van der Waals surface area contributed by atoms with Crippen molar-refractivity contribution >= 4 is 5.91 Å². The summed E-state index contributed by atoms with van der Waals surface area (Å²) in [5.74, 6) is 1.55. The van der Waals surface area contributed by atoms with Crippen LogP contribution in [0, 0.1) is 17.8 Å². The smallest absolute Gasteiger partial charge is 0.243 e. The van der Waals surface area contributed by atoms with Crippen LogP contribution in [0.3, 0.4) is 0 Å². The summed E-state index contributed by atoms with van der Waals surface area (Å²) in [4.78, 5) is 10.7. The maximum atomic E-state index is 10.7. The van der Waals surface area contributed by atoms with Crippen molar-refractivity contribution in [2.45, 2.75) is 46.1 Å². The van der Waals surface area contributed by atoms with E-state index in [1.54, 1.807) is 0 Å². The van der Waals surface area contributed by atoms with Crippen LogP contribution in [0.2, 0.25) is 0 Å². The number of ether oxygens (including phenoxy) is 1. The van der Waals surface area contributed by atoms with Crippen LogP contribution in [0.25, 0.3) is 0 Å². The first-order valence-electron chi connectivity index (χ1n) is 5.90. The molecular weight excluding hydrogens is 190 g/mol. The van der Waals surface area contributed by atoms with Crippen LogP contribution in [0.5, 0.6) is 0 Å². The van der Waals surface area contributed by atoms with E-state index in [0.29, 0.717) is 17.8 Å². The van der Waals surface area contributed by atoms with Crippen LogP contribution < -0.4 is 5.73 Å². The molecule has 0 aliphatic heterocycles. The van der Waals surface area contributed by atoms with E-state index in [0.717, 1.165) is 6.42 Å². The molecule has 3 atom stereocenters. The molecule has 0 spiro atoms. The number of nitrogens with two attached hydrogens (primary N) is 1. The summed E-state index contributed by atoms with van der Waals surface area (Å²) in [6, 6.07) is 0. The molecule has 1 aliphatic rings. The third-order valence-electron chi connectivity index (χ3n) is 3.40. The van der Waals surface area contributed by atoms with E-state index >= 15 is 0 Å². The number of hydrogen-bond donors (Lipinski definition) is 1. The zero-order chi connectivity index (χ0) is 11.4. The van der Waals surface area contributed by atoms with Gasteiger partial charge < -0.3 is 10.5 Å². The number of hydrogen-bond acceptors (Lipinski definition) is 2. The van der Waals surface area contributed by atoms with Crippen molar-refractivity contribution in [2.24, 2.45) is 23.5 Å². The lowest BCUT2D eigenvalue weighted by Crippen LogP contribution is -2.36. The third-order valence-corrected chi connectivity index (χ3v) is 3.40. The van der Waals surface area contributed by atoms with Crippen molar-refractivity contribution in [3.05, 3.63) is 0 Å². The van der Waals surface area contributed by atoms with Gasteiger partial charge in [0.2, 0.25) is 5.91 Å². The first-order valence-corrected chi connectivity index (χ1v) is 5.90. The fraction of sp³-hybridized carbons (Fsp3) is 0.917. The van der Waals surface area contributed by atoms with Gasteiger partial charge in [0.05, 0.1) is 6.10 Å². The molecule has 15 heavy (non-hydrogen) atoms. The van der Waals surface area contributed by atoms with Crippen LogP contribution in [0.15, 0.2) is 0 Å². The van der Waals surface area contributed by atoms with Gasteiger partial charge in [0, 0.05) is 0 Å². The number of primary amides is 1. The number of carbonyl (C=O) groups excluding carboxylic acids is 1. The van der Waals surface area contributed by atoms with Gasteiger partial charge in [-0.15, -0.1) is 0 Å². The first-order chi connectivity index (χ1) is 7.00. The molecule has 0 bridgehead atoms. The average molecular weight is 213 g/mol. The molecule has 1 aliphatic carbocycles. The Balaban J connectivity index is 2.50. The van der Waals surface area contributed by atoms with Gasteiger partial charge in [-0.3, -0.25) is 4.79 Å². The highest BCUT2D eigenvalue weighted by Gasteiger charge is 2.31. The van der Waals surface area contributed by atoms with Gasteiger partial charge in [0.1, 0.15) is 6.61 Å². The van der Waals surface area contributed by atoms with E-state index in [1.807, 2.05) is 0 Å². The Bertz CT molecular complexity index is 216. The van der Waals surface area contributed by atoms with E-state index in [2.05, 4.69) is 20.8 Å². The maximum Gasteiger partial charge on any atom is 0.243 e. The molecule has 0 radical (unpaired) electrons. The fourth-order valence-corrected chi connectivity index (χ4v) is 2.50. The molecule has 0 unspecified atom stereocenters. The zero-order valence-corrected chi connectivity index (χ0v) is 10.0. The molecule has 3 nitrogen and oxygen atoms in total. The Morgan fingerprint density at radius 3 is 2.67 bits per heavy atom. The lowest BCUT2D eigenvalue weighted by molar-refractivity contribution is -0.128. The van der Waals surface area contributed by atoms with Gasteiger partial charge in [-0.1, -0.05) is 27.2 Å². The number of carbonyl (C=O) groups is 1. The first kappa shape index (κ1) is 12.5. The molecular formula is C12H23NO2. The zero-order valence-electron chi connectivity index (χ0n) is 10.0. The Hall–Kier alpha value is -0.570. The fourth-order valence-electron chi connectivity index (χ4n) is 2.50. The third kappa shape index (κ3) is 3.82. The Kier molecular flexibility index (Phi) is 4.58. The summed E-state index contributed by atoms with van der Waals surface area (Å²) >= 11 is 0. The topological polar surface area (TPSA) is 52.3 Å². The molecule has 0 aromatic heterocycles. The van der Waals surface area contributed by atoms with E-state index in [-0.39, 0.29) is 18.6 Å². The summed E-state index contributed by atoms with van der Waals surface area (Å²) < 4.78 is 5.61. The second-order valence-corrected chi connectivity index (χ2v) is 5.14. The highest BCUT2D eigenvalue weighted by atomic mass is 16.5. The minimum Gasteiger partial charge on any atom is -0.368 e. The molecule has 1 fully saturated rings. The van der Waals surface area contributed by atoms with Crippen molar-refractivity contribution in [3.63, 3.8) is 0 Å². The predicted molar refractivity (Wildman–Crippen MR) is 60.3 cm³/mol. The minimum absolute atomic E-state index is 0.0700. The lowest BCUT2D eigenvalue weighted by Gasteiger charge is -2.36. The predicted octanol–water partition coefficient (Wildman–Crippen LogP) is 1.95. The van der Waals surface area contributed by atoms with Gasteiger partial charge in [0.15, 0.2) is 0 Å². The van der Waals surface area contributed by atoms with Gasteiger partial charge in [-0.05, 0) is 30.6 Å². The van der Waals surface area contributed by atoms with Gasteiger partial charge >= 0.3 is 0 Å². The molecule has 1 saturated carbocycles. The van der Waals surface area contributed by atoms with Crippen LogP contribution in [0.4, 0.5) is 0 Å². The normalized spacial score (nSPS) is 31.9. The van der Waals surface area contributed by atoms with Crippen LogP contribution in [0.1, 0.15) is 40.0 Å². The van der Waals surface area contributed by atoms with Crippen molar-refractivity contribution in [2.75, 3.05) is 6.61 Å². The van der Waals surface area contributed by atoms with Gasteiger partial charge in [-0.2, -0.15) is 0 Å². The molecule has 0 aromatic carbocycles. The molecule has 0 heterocycles. The monoisotopic (exact) mass is 213 g/mol. The Labute approximate surface area is 92.4 Å². The number of amides is 1. The van der Waals surface area contributed by atoms with Crippen molar-refractivity contribution in [1.82, 2.24) is 0 Å².